The standard InChI is InChI=1S/C108H122O18S6/c1-7-13-19-25-61-115-79-31-43-85(44-32-79)127-67-55-103(109)121-97-73-91-92(74-98(97)122-104(110)56-68-128-86-45-33-80(34-46-86)116-62-26-20-14-8-2)94-76-100(124-106(112)58-70-130-88-49-37-82(38-50-88)118-64-28-22-16-10-4)102(126-108(114)60-72-132-90-53-41-84(42-54-90)120-66-30-24-18-12-6)78-96(94)95-77-101(125-107(113)59-71-131-89-51-39-83(40-52-89)119-65-29-23-17-11-5)99(75-93(91)95)123-105(111)57-69-129-87-47-35-81(36-48-87)117-63-27-21-15-9-3/h31-59,67-71,73-78H,7-30,60-66,72H2,1-6H3/b67-55+,68-56+,69-57+,70-58+,71-59+. The van der Waals surface area contributed by atoms with Crippen LogP contribution in [0.2, 0.25) is 0 Å². The smallest absolute Gasteiger partial charge is 0.336 e. The highest BCUT2D eigenvalue weighted by Crippen LogP contribution is 2.48. The Morgan fingerprint density at radius 2 is 0.409 bits per heavy atom. The third-order valence-corrected chi connectivity index (χ3v) is 25.7. The van der Waals surface area contributed by atoms with Gasteiger partial charge in [0.2, 0.25) is 0 Å². The Hall–Kier alpha value is -10.6. The summed E-state index contributed by atoms with van der Waals surface area (Å²) in [4.78, 5) is 92.2. The highest BCUT2D eigenvalue weighted by molar-refractivity contribution is 8.03. The molecule has 132 heavy (non-hydrogen) atoms. The summed E-state index contributed by atoms with van der Waals surface area (Å²) in [5.74, 6) is -1.50. The van der Waals surface area contributed by atoms with Crippen molar-refractivity contribution in [1.29, 1.82) is 0 Å². The zero-order valence-corrected chi connectivity index (χ0v) is 81.4. The van der Waals surface area contributed by atoms with Crippen LogP contribution in [0.4, 0.5) is 0 Å². The van der Waals surface area contributed by atoms with Crippen LogP contribution in [0.15, 0.2) is 269 Å². The Kier molecular flexibility index (Phi) is 46.9. The van der Waals surface area contributed by atoms with Gasteiger partial charge in [0.05, 0.1) is 46.1 Å². The number of benzene rings is 10. The maximum atomic E-state index is 14.6. The van der Waals surface area contributed by atoms with Gasteiger partial charge in [0.15, 0.2) is 34.5 Å². The van der Waals surface area contributed by atoms with Crippen molar-refractivity contribution >= 4 is 139 Å². The molecule has 10 rings (SSSR count). The third kappa shape index (κ3) is 37.5. The molecule has 0 atom stereocenters. The van der Waals surface area contributed by atoms with Gasteiger partial charge in [-0.05, 0) is 280 Å². The summed E-state index contributed by atoms with van der Waals surface area (Å²) in [6, 6.07) is 54.5. The van der Waals surface area contributed by atoms with Gasteiger partial charge < -0.3 is 56.8 Å². The van der Waals surface area contributed by atoms with Gasteiger partial charge in [0.25, 0.3) is 0 Å². The molecule has 0 aliphatic carbocycles. The topological polar surface area (TPSA) is 213 Å². The van der Waals surface area contributed by atoms with Crippen LogP contribution in [0, 0.1) is 0 Å². The summed E-state index contributed by atoms with van der Waals surface area (Å²) in [5.41, 5.74) is 0. The van der Waals surface area contributed by atoms with Gasteiger partial charge in [-0.25, -0.2) is 24.0 Å². The first-order valence-corrected chi connectivity index (χ1v) is 51.6. The summed E-state index contributed by atoms with van der Waals surface area (Å²) in [7, 11) is 0. The highest BCUT2D eigenvalue weighted by atomic mass is 32.2. The molecule has 0 heterocycles. The molecular formula is C108H122O18S6. The SMILES string of the molecule is CCCCCCOc1ccc(S/C=C/C(=O)Oc2cc3c4cc(OC(=O)/C=C/Sc5ccc(OCCCCCC)cc5)c(OC(=O)/C=C/Sc5ccc(OCCCCCC)cc5)cc4c4cc(OC(=O)CCSc5ccc(OCCCCCC)cc5)c(OC(=O)/C=C/Sc5ccc(OCCCCCC)cc5)cc4c3cc2OC(=O)/C=C/Sc2ccc(OCCCCCC)cc2)cc1. The lowest BCUT2D eigenvalue weighted by molar-refractivity contribution is -0.135. The van der Waals surface area contributed by atoms with Crippen molar-refractivity contribution in [2.45, 2.75) is 231 Å². The van der Waals surface area contributed by atoms with Gasteiger partial charge in [-0.1, -0.05) is 216 Å². The largest absolute Gasteiger partial charge is 0.494 e. The van der Waals surface area contributed by atoms with Crippen LogP contribution >= 0.6 is 70.6 Å². The zero-order valence-electron chi connectivity index (χ0n) is 76.5. The molecule has 698 valence electrons. The predicted molar refractivity (Wildman–Crippen MR) is 540 cm³/mol. The molecule has 0 bridgehead atoms. The third-order valence-electron chi connectivity index (χ3n) is 20.6. The second-order valence-electron chi connectivity index (χ2n) is 31.1. The molecule has 0 radical (unpaired) electrons. The average molecular weight is 1900 g/mol. The minimum atomic E-state index is -0.850. The first kappa shape index (κ1) is 103. The van der Waals surface area contributed by atoms with E-state index >= 15 is 0 Å². The number of carbonyl (C=O) groups is 6. The molecule has 0 aromatic heterocycles. The van der Waals surface area contributed by atoms with Gasteiger partial charge >= 0.3 is 35.8 Å². The van der Waals surface area contributed by atoms with Gasteiger partial charge in [-0.3, -0.25) is 4.79 Å². The second-order valence-corrected chi connectivity index (χ2v) is 37.2. The molecule has 0 aliphatic heterocycles. The Morgan fingerprint density at radius 3 is 0.598 bits per heavy atom. The van der Waals surface area contributed by atoms with E-state index in [0.717, 1.165) is 218 Å². The maximum absolute atomic E-state index is 14.6. The summed E-state index contributed by atoms with van der Waals surface area (Å²) in [5, 5.41) is 9.68. The van der Waals surface area contributed by atoms with E-state index in [2.05, 4.69) is 41.5 Å². The van der Waals surface area contributed by atoms with Crippen LogP contribution in [0.5, 0.6) is 69.0 Å². The van der Waals surface area contributed by atoms with E-state index in [9.17, 15) is 28.8 Å². The number of hydrogen-bond donors (Lipinski definition) is 0. The van der Waals surface area contributed by atoms with Crippen LogP contribution in [-0.4, -0.2) is 81.2 Å². The lowest BCUT2D eigenvalue weighted by atomic mass is 9.93. The van der Waals surface area contributed by atoms with Gasteiger partial charge in [-0.2, -0.15) is 0 Å². The molecule has 0 spiro atoms. The normalized spacial score (nSPS) is 11.5. The van der Waals surface area contributed by atoms with E-state index in [1.165, 1.54) is 137 Å². The Balaban J connectivity index is 1.08. The van der Waals surface area contributed by atoms with Crippen molar-refractivity contribution in [3.63, 3.8) is 0 Å². The minimum Gasteiger partial charge on any atom is -0.494 e. The van der Waals surface area contributed by atoms with Crippen molar-refractivity contribution in [3.05, 3.63) is 239 Å². The Morgan fingerprint density at radius 1 is 0.227 bits per heavy atom. The summed E-state index contributed by atoms with van der Waals surface area (Å²) in [6.07, 6.45) is 31.9. The molecule has 24 heteroatoms. The van der Waals surface area contributed by atoms with Crippen LogP contribution < -0.4 is 56.8 Å². The van der Waals surface area contributed by atoms with Crippen LogP contribution in [0.1, 0.15) is 202 Å². The van der Waals surface area contributed by atoms with Crippen molar-refractivity contribution in [1.82, 2.24) is 0 Å². The van der Waals surface area contributed by atoms with Gasteiger partial charge in [-0.15, -0.1) is 11.8 Å². The fourth-order valence-electron chi connectivity index (χ4n) is 13.5. The van der Waals surface area contributed by atoms with E-state index in [0.29, 0.717) is 77.7 Å². The predicted octanol–water partition coefficient (Wildman–Crippen LogP) is 30.0. The summed E-state index contributed by atoms with van der Waals surface area (Å²) < 4.78 is 73.8. The van der Waals surface area contributed by atoms with Crippen LogP contribution in [0.3, 0.4) is 0 Å². The Labute approximate surface area is 803 Å². The molecule has 10 aromatic rings. The molecule has 10 aromatic carbocycles. The summed E-state index contributed by atoms with van der Waals surface area (Å²) >= 11 is 7.79. The van der Waals surface area contributed by atoms with Crippen molar-refractivity contribution in [3.8, 4) is 69.0 Å². The number of hydrogen-bond acceptors (Lipinski definition) is 24. The summed E-state index contributed by atoms with van der Waals surface area (Å²) in [6.45, 7) is 16.6. The van der Waals surface area contributed by atoms with Crippen molar-refractivity contribution in [2.24, 2.45) is 0 Å². The second kappa shape index (κ2) is 59.8. The molecule has 0 fully saturated rings. The van der Waals surface area contributed by atoms with E-state index < -0.39 is 35.8 Å². The van der Waals surface area contributed by atoms with E-state index in [-0.39, 0.29) is 40.9 Å². The van der Waals surface area contributed by atoms with Crippen molar-refractivity contribution in [2.75, 3.05) is 45.4 Å². The molecule has 0 unspecified atom stereocenters. The van der Waals surface area contributed by atoms with E-state index in [1.807, 2.05) is 146 Å². The molecule has 0 saturated carbocycles. The Bertz CT molecular complexity index is 5280. The molecule has 18 nitrogen and oxygen atoms in total. The fourth-order valence-corrected chi connectivity index (χ4v) is 17.5. The minimum absolute atomic E-state index is 0.101. The molecule has 0 saturated heterocycles. The first-order chi connectivity index (χ1) is 64.7. The van der Waals surface area contributed by atoms with Crippen molar-refractivity contribution < 1.29 is 85.6 Å². The fraction of sp³-hybridized carbons (Fsp3) is 0.352. The lowest BCUT2D eigenvalue weighted by Crippen LogP contribution is -2.12. The average Bonchev–Trinajstić information content (AvgIpc) is 0.722. The number of unbranched alkanes of at least 4 members (excludes halogenated alkanes) is 18. The van der Waals surface area contributed by atoms with E-state index in [1.54, 1.807) is 27.0 Å². The number of ether oxygens (including phenoxy) is 12. The maximum Gasteiger partial charge on any atom is 0.336 e. The van der Waals surface area contributed by atoms with Gasteiger partial charge in [0.1, 0.15) is 34.5 Å². The lowest BCUT2D eigenvalue weighted by Gasteiger charge is -2.18. The number of rotatable bonds is 61. The first-order valence-electron chi connectivity index (χ1n) is 46.2. The van der Waals surface area contributed by atoms with Crippen LogP contribution in [0.25, 0.3) is 32.3 Å². The molecule has 0 amide bonds. The molecule has 0 aliphatic rings. The monoisotopic (exact) mass is 1900 g/mol. The quantitative estimate of drug-likeness (QED) is 0.00865. The molecule has 0 N–H and O–H groups in total. The zero-order chi connectivity index (χ0) is 93.0. The van der Waals surface area contributed by atoms with Gasteiger partial charge in [0, 0.05) is 65.5 Å². The molecular weight excluding hydrogens is 1780 g/mol. The number of carbonyl (C=O) groups excluding carboxylic acids is 6. The number of esters is 6. The van der Waals surface area contributed by atoms with Crippen LogP contribution in [-0.2, 0) is 28.8 Å². The highest BCUT2D eigenvalue weighted by Gasteiger charge is 2.25. The number of fused-ring (bicyclic) bond motifs is 6. The number of thioether (sulfide) groups is 6. The van der Waals surface area contributed by atoms with E-state index in [4.69, 9.17) is 56.8 Å².